The van der Waals surface area contributed by atoms with Crippen molar-refractivity contribution in [3.05, 3.63) is 30.5 Å². The Morgan fingerprint density at radius 3 is 2.87 bits per heavy atom. The number of hydrogen-bond donors (Lipinski definition) is 1. The zero-order valence-corrected chi connectivity index (χ0v) is 9.07. The maximum absolute atomic E-state index is 5.89. The van der Waals surface area contributed by atoms with E-state index in [0.717, 1.165) is 23.1 Å². The van der Waals surface area contributed by atoms with Crippen molar-refractivity contribution in [1.82, 2.24) is 4.98 Å². The molecule has 1 heterocycles. The fourth-order valence-corrected chi connectivity index (χ4v) is 1.68. The van der Waals surface area contributed by atoms with Crippen molar-refractivity contribution >= 4 is 22.3 Å². The van der Waals surface area contributed by atoms with Gasteiger partial charge in [0.05, 0.1) is 11.2 Å². The van der Waals surface area contributed by atoms with Gasteiger partial charge in [0.15, 0.2) is 0 Å². The molecule has 15 heavy (non-hydrogen) atoms. The number of pyridine rings is 1. The second-order valence-electron chi connectivity index (χ2n) is 3.59. The Kier molecular flexibility index (Phi) is 2.46. The smallest absolute Gasteiger partial charge is 0.0951 e. The quantitative estimate of drug-likeness (QED) is 0.758. The van der Waals surface area contributed by atoms with E-state index in [4.69, 9.17) is 5.73 Å². The van der Waals surface area contributed by atoms with E-state index in [1.807, 2.05) is 18.2 Å². The van der Waals surface area contributed by atoms with Crippen LogP contribution in [0.1, 0.15) is 6.92 Å². The van der Waals surface area contributed by atoms with Crippen LogP contribution in [0.5, 0.6) is 0 Å². The third kappa shape index (κ3) is 1.61. The minimum atomic E-state index is 0.735. The Bertz CT molecular complexity index is 479. The van der Waals surface area contributed by atoms with E-state index in [9.17, 15) is 0 Å². The molecule has 0 amide bonds. The molecule has 3 heteroatoms. The second-order valence-corrected chi connectivity index (χ2v) is 3.59. The largest absolute Gasteiger partial charge is 0.397 e. The van der Waals surface area contributed by atoms with Crippen LogP contribution in [-0.2, 0) is 0 Å². The monoisotopic (exact) mass is 201 g/mol. The van der Waals surface area contributed by atoms with E-state index in [1.54, 1.807) is 6.20 Å². The van der Waals surface area contributed by atoms with Crippen LogP contribution in [-0.4, -0.2) is 18.6 Å². The zero-order valence-electron chi connectivity index (χ0n) is 9.07. The van der Waals surface area contributed by atoms with Gasteiger partial charge in [-0.1, -0.05) is 0 Å². The molecular weight excluding hydrogens is 186 g/mol. The van der Waals surface area contributed by atoms with Gasteiger partial charge in [-0.05, 0) is 31.2 Å². The topological polar surface area (TPSA) is 42.1 Å². The molecule has 0 radical (unpaired) electrons. The van der Waals surface area contributed by atoms with E-state index in [1.165, 1.54) is 5.69 Å². The van der Waals surface area contributed by atoms with Gasteiger partial charge >= 0.3 is 0 Å². The van der Waals surface area contributed by atoms with Crippen LogP contribution in [0.15, 0.2) is 30.5 Å². The highest BCUT2D eigenvalue weighted by Crippen LogP contribution is 2.28. The Labute approximate surface area is 89.5 Å². The van der Waals surface area contributed by atoms with Crippen molar-refractivity contribution in [2.45, 2.75) is 6.92 Å². The molecule has 2 aromatic rings. The van der Waals surface area contributed by atoms with Crippen LogP contribution in [0.3, 0.4) is 0 Å². The molecule has 0 saturated heterocycles. The van der Waals surface area contributed by atoms with Crippen molar-refractivity contribution in [2.24, 2.45) is 0 Å². The van der Waals surface area contributed by atoms with Crippen molar-refractivity contribution in [2.75, 3.05) is 24.2 Å². The van der Waals surface area contributed by atoms with Crippen LogP contribution in [0, 0.1) is 0 Å². The molecule has 0 unspecified atom stereocenters. The number of nitrogens with zero attached hydrogens (tertiary/aromatic N) is 2. The summed E-state index contributed by atoms with van der Waals surface area (Å²) in [6.45, 7) is 3.09. The Morgan fingerprint density at radius 2 is 2.13 bits per heavy atom. The van der Waals surface area contributed by atoms with Gasteiger partial charge in [0.2, 0.25) is 0 Å². The standard InChI is InChI=1S/C12H15N3/c1-3-15(2)11-7-6-10(13)12-9(11)5-4-8-14-12/h4-8H,3,13H2,1-2H3. The van der Waals surface area contributed by atoms with Crippen LogP contribution in [0.4, 0.5) is 11.4 Å². The number of fused-ring (bicyclic) bond motifs is 1. The van der Waals surface area contributed by atoms with Crippen LogP contribution in [0.25, 0.3) is 10.9 Å². The first kappa shape index (κ1) is 9.77. The normalized spacial score (nSPS) is 10.5. The Morgan fingerprint density at radius 1 is 1.33 bits per heavy atom. The molecule has 0 atom stereocenters. The third-order valence-corrected chi connectivity index (χ3v) is 2.66. The summed E-state index contributed by atoms with van der Waals surface area (Å²) in [5.41, 5.74) is 8.68. The zero-order chi connectivity index (χ0) is 10.8. The van der Waals surface area contributed by atoms with Gasteiger partial charge in [-0.25, -0.2) is 0 Å². The lowest BCUT2D eigenvalue weighted by Crippen LogP contribution is -2.16. The van der Waals surface area contributed by atoms with Crippen molar-refractivity contribution < 1.29 is 0 Å². The lowest BCUT2D eigenvalue weighted by Gasteiger charge is -2.19. The summed E-state index contributed by atoms with van der Waals surface area (Å²) in [4.78, 5) is 6.49. The summed E-state index contributed by atoms with van der Waals surface area (Å²) < 4.78 is 0. The molecule has 0 fully saturated rings. The third-order valence-electron chi connectivity index (χ3n) is 2.66. The summed E-state index contributed by atoms with van der Waals surface area (Å²) in [6.07, 6.45) is 1.77. The lowest BCUT2D eigenvalue weighted by molar-refractivity contribution is 0.974. The van der Waals surface area contributed by atoms with Crippen LogP contribution in [0.2, 0.25) is 0 Å². The van der Waals surface area contributed by atoms with Crippen LogP contribution < -0.4 is 10.6 Å². The molecular formula is C12H15N3. The molecule has 1 aromatic carbocycles. The molecule has 0 spiro atoms. The van der Waals surface area contributed by atoms with Gasteiger partial charge in [0.1, 0.15) is 0 Å². The van der Waals surface area contributed by atoms with Gasteiger partial charge < -0.3 is 10.6 Å². The molecule has 3 nitrogen and oxygen atoms in total. The molecule has 1 aromatic heterocycles. The first-order chi connectivity index (χ1) is 7.24. The Balaban J connectivity index is 2.71. The van der Waals surface area contributed by atoms with Crippen molar-refractivity contribution in [3.8, 4) is 0 Å². The fraction of sp³-hybridized carbons (Fsp3) is 0.250. The molecule has 0 aliphatic carbocycles. The molecule has 2 N–H and O–H groups in total. The van der Waals surface area contributed by atoms with Crippen LogP contribution >= 0.6 is 0 Å². The van der Waals surface area contributed by atoms with E-state index in [-0.39, 0.29) is 0 Å². The van der Waals surface area contributed by atoms with E-state index >= 15 is 0 Å². The summed E-state index contributed by atoms with van der Waals surface area (Å²) in [6, 6.07) is 7.95. The van der Waals surface area contributed by atoms with E-state index < -0.39 is 0 Å². The highest BCUT2D eigenvalue weighted by molar-refractivity contribution is 5.98. The number of rotatable bonds is 2. The number of hydrogen-bond acceptors (Lipinski definition) is 3. The van der Waals surface area contributed by atoms with Crippen molar-refractivity contribution in [3.63, 3.8) is 0 Å². The number of anilines is 2. The van der Waals surface area contributed by atoms with Gasteiger partial charge in [-0.2, -0.15) is 0 Å². The first-order valence-corrected chi connectivity index (χ1v) is 5.08. The maximum Gasteiger partial charge on any atom is 0.0951 e. The highest BCUT2D eigenvalue weighted by atomic mass is 15.1. The lowest BCUT2D eigenvalue weighted by atomic mass is 10.1. The summed E-state index contributed by atoms with van der Waals surface area (Å²) in [5.74, 6) is 0. The van der Waals surface area contributed by atoms with Gasteiger partial charge in [0, 0.05) is 30.9 Å². The summed E-state index contributed by atoms with van der Waals surface area (Å²) in [7, 11) is 2.07. The van der Waals surface area contributed by atoms with Gasteiger partial charge in [-0.15, -0.1) is 0 Å². The molecule has 0 saturated carbocycles. The molecule has 2 rings (SSSR count). The summed E-state index contributed by atoms with van der Waals surface area (Å²) >= 11 is 0. The maximum atomic E-state index is 5.89. The number of benzene rings is 1. The van der Waals surface area contributed by atoms with Gasteiger partial charge in [-0.3, -0.25) is 4.98 Å². The Hall–Kier alpha value is -1.77. The minimum absolute atomic E-state index is 0.735. The predicted molar refractivity (Wildman–Crippen MR) is 65.1 cm³/mol. The van der Waals surface area contributed by atoms with Gasteiger partial charge in [0.25, 0.3) is 0 Å². The predicted octanol–water partition coefficient (Wildman–Crippen LogP) is 2.27. The number of aromatic nitrogens is 1. The minimum Gasteiger partial charge on any atom is -0.397 e. The second kappa shape index (κ2) is 3.77. The van der Waals surface area contributed by atoms with E-state index in [2.05, 4.69) is 29.9 Å². The molecule has 0 aliphatic heterocycles. The fourth-order valence-electron chi connectivity index (χ4n) is 1.68. The molecule has 0 bridgehead atoms. The number of nitrogens with two attached hydrogens (primary N) is 1. The summed E-state index contributed by atoms with van der Waals surface area (Å²) in [5, 5.41) is 1.11. The average Bonchev–Trinajstić information content (AvgIpc) is 2.29. The average molecular weight is 201 g/mol. The highest BCUT2D eigenvalue weighted by Gasteiger charge is 2.06. The number of nitrogen functional groups attached to an aromatic ring is 1. The van der Waals surface area contributed by atoms with Crippen molar-refractivity contribution in [1.29, 1.82) is 0 Å². The van der Waals surface area contributed by atoms with E-state index in [0.29, 0.717) is 0 Å². The molecule has 0 aliphatic rings. The SMILES string of the molecule is CCN(C)c1ccc(N)c2ncccc12. The molecule has 78 valence electrons. The first-order valence-electron chi connectivity index (χ1n) is 5.08.